The predicted molar refractivity (Wildman–Crippen MR) is 233 cm³/mol. The molecule has 7 rings (SSSR count). The van der Waals surface area contributed by atoms with Gasteiger partial charge in [-0.25, -0.2) is 4.99 Å². The van der Waals surface area contributed by atoms with E-state index in [4.69, 9.17) is 14.5 Å². The van der Waals surface area contributed by atoms with Crippen LogP contribution < -0.4 is 21.3 Å². The molecule has 1 aromatic heterocycles. The maximum atomic E-state index is 12.9. The van der Waals surface area contributed by atoms with Gasteiger partial charge in [0, 0.05) is 66.3 Å². The number of hydrogen-bond donors (Lipinski definition) is 6. The second-order valence-corrected chi connectivity index (χ2v) is 14.7. The van der Waals surface area contributed by atoms with Crippen LogP contribution in [0.5, 0.6) is 5.88 Å². The second kappa shape index (κ2) is 20.4. The van der Waals surface area contributed by atoms with E-state index in [1.54, 1.807) is 24.3 Å². The van der Waals surface area contributed by atoms with Gasteiger partial charge in [0.05, 0.1) is 55.3 Å². The Hall–Kier alpha value is -7.12. The molecule has 1 unspecified atom stereocenters. The van der Waals surface area contributed by atoms with Gasteiger partial charge < -0.3 is 40.4 Å². The third-order valence-corrected chi connectivity index (χ3v) is 10.3. The normalized spacial score (nSPS) is 14.9. The first-order valence-corrected chi connectivity index (χ1v) is 20.5. The number of nitrogens with one attached hydrogen (secondary N) is 5. The highest BCUT2D eigenvalue weighted by Crippen LogP contribution is 2.33. The lowest BCUT2D eigenvalue weighted by Gasteiger charge is -2.29. The standard InChI is InChI=1S/C47H47N7O8/c1-2-49-40(55)18-11-30-10-15-37-38(26-30)52-46(59)43(37)44(32-6-4-3-5-7-32)51-34-12-8-31(9-13-34)28-48-21-23-62-25-24-61-22-20-42(57)50-35-14-16-36-33(27-35)29-54(47(36)60)39-17-19-41(56)53-45(39)58/h3-10,12-16,26-27,39,48,52,59H,2,17,19-25,28-29H2,1H3,(H,49,55)(H,50,57)(H,53,56,58). The van der Waals surface area contributed by atoms with E-state index in [1.807, 2.05) is 73.7 Å². The van der Waals surface area contributed by atoms with E-state index in [-0.39, 0.29) is 61.9 Å². The molecule has 4 aromatic carbocycles. The smallest absolute Gasteiger partial charge is 0.296 e. The van der Waals surface area contributed by atoms with E-state index in [9.17, 15) is 29.1 Å². The number of aliphatic imine (C=N–C) groups is 1. The monoisotopic (exact) mass is 837 g/mol. The average molecular weight is 838 g/mol. The molecule has 1 atom stereocenters. The van der Waals surface area contributed by atoms with E-state index in [2.05, 4.69) is 38.1 Å². The molecule has 62 heavy (non-hydrogen) atoms. The Morgan fingerprint density at radius 1 is 0.935 bits per heavy atom. The third-order valence-electron chi connectivity index (χ3n) is 10.3. The van der Waals surface area contributed by atoms with Gasteiger partial charge in [-0.3, -0.25) is 29.3 Å². The zero-order valence-electron chi connectivity index (χ0n) is 34.2. The molecule has 5 aromatic rings. The fourth-order valence-electron chi connectivity index (χ4n) is 7.25. The van der Waals surface area contributed by atoms with Crippen LogP contribution in [0.1, 0.15) is 64.4 Å². The van der Waals surface area contributed by atoms with E-state index in [0.717, 1.165) is 16.5 Å². The van der Waals surface area contributed by atoms with Crippen LogP contribution in [-0.2, 0) is 41.7 Å². The maximum Gasteiger partial charge on any atom is 0.296 e. The van der Waals surface area contributed by atoms with Crippen molar-refractivity contribution in [1.82, 2.24) is 25.8 Å². The van der Waals surface area contributed by atoms with Gasteiger partial charge >= 0.3 is 0 Å². The number of nitrogens with zero attached hydrogens (tertiary/aromatic N) is 2. The van der Waals surface area contributed by atoms with Crippen molar-refractivity contribution in [2.75, 3.05) is 44.8 Å². The van der Waals surface area contributed by atoms with Gasteiger partial charge in [-0.15, -0.1) is 0 Å². The number of fused-ring (bicyclic) bond motifs is 2. The number of hydrogen-bond acceptors (Lipinski definition) is 10. The summed E-state index contributed by atoms with van der Waals surface area (Å²) in [5.41, 5.74) is 6.81. The number of aromatic amines is 1. The highest BCUT2D eigenvalue weighted by molar-refractivity contribution is 6.22. The summed E-state index contributed by atoms with van der Waals surface area (Å²) in [6.07, 6.45) is 0.611. The Morgan fingerprint density at radius 3 is 2.50 bits per heavy atom. The Kier molecular flexibility index (Phi) is 14.2. The number of carbonyl (C=O) groups excluding carboxylic acids is 5. The molecule has 2 aliphatic rings. The van der Waals surface area contributed by atoms with Gasteiger partial charge in [0.2, 0.25) is 17.7 Å². The Bertz CT molecular complexity index is 2560. The fourth-order valence-corrected chi connectivity index (χ4v) is 7.25. The van der Waals surface area contributed by atoms with Crippen LogP contribution in [0.4, 0.5) is 11.4 Å². The predicted octanol–water partition coefficient (Wildman–Crippen LogP) is 4.44. The number of imide groups is 1. The average Bonchev–Trinajstić information content (AvgIpc) is 3.77. The van der Waals surface area contributed by atoms with Crippen LogP contribution in [0.25, 0.3) is 10.9 Å². The zero-order valence-corrected chi connectivity index (χ0v) is 34.2. The minimum atomic E-state index is -0.696. The molecule has 15 nitrogen and oxygen atoms in total. The topological polar surface area (TPSA) is 204 Å². The number of amides is 5. The first-order valence-electron chi connectivity index (χ1n) is 20.5. The fraction of sp³-hybridized carbons (Fsp3) is 0.277. The van der Waals surface area contributed by atoms with Crippen LogP contribution in [0, 0.1) is 11.8 Å². The minimum absolute atomic E-state index is 0.0223. The number of benzene rings is 4. The lowest BCUT2D eigenvalue weighted by Crippen LogP contribution is -2.52. The van der Waals surface area contributed by atoms with Gasteiger partial charge in [0.1, 0.15) is 6.04 Å². The summed E-state index contributed by atoms with van der Waals surface area (Å²) < 4.78 is 11.3. The number of H-pyrrole nitrogens is 1. The lowest BCUT2D eigenvalue weighted by atomic mass is 10.00. The Morgan fingerprint density at radius 2 is 1.73 bits per heavy atom. The number of ether oxygens (including phenoxy) is 2. The van der Waals surface area contributed by atoms with Crippen molar-refractivity contribution in [3.63, 3.8) is 0 Å². The van der Waals surface area contributed by atoms with Gasteiger partial charge in [-0.2, -0.15) is 0 Å². The largest absolute Gasteiger partial charge is 0.494 e. The first kappa shape index (κ1) is 43.0. The molecule has 2 aliphatic heterocycles. The molecule has 0 aliphatic carbocycles. The summed E-state index contributed by atoms with van der Waals surface area (Å²) in [6, 6.07) is 27.3. The molecule has 0 bridgehead atoms. The van der Waals surface area contributed by atoms with E-state index in [1.165, 1.54) is 4.90 Å². The van der Waals surface area contributed by atoms with Crippen molar-refractivity contribution in [2.24, 2.45) is 4.99 Å². The third kappa shape index (κ3) is 10.8. The van der Waals surface area contributed by atoms with Gasteiger partial charge in [0.25, 0.3) is 11.8 Å². The summed E-state index contributed by atoms with van der Waals surface area (Å²) in [6.45, 7) is 5.21. The van der Waals surface area contributed by atoms with Gasteiger partial charge in [-0.05, 0) is 66.9 Å². The van der Waals surface area contributed by atoms with Gasteiger partial charge in [-0.1, -0.05) is 54.5 Å². The zero-order chi connectivity index (χ0) is 43.4. The van der Waals surface area contributed by atoms with Crippen LogP contribution in [0.2, 0.25) is 0 Å². The van der Waals surface area contributed by atoms with E-state index < -0.39 is 11.9 Å². The summed E-state index contributed by atoms with van der Waals surface area (Å²) in [5, 5.41) is 23.0. The van der Waals surface area contributed by atoms with Crippen molar-refractivity contribution < 1.29 is 38.6 Å². The number of aromatic hydroxyl groups is 1. The molecule has 5 amide bonds. The van der Waals surface area contributed by atoms with E-state index in [0.29, 0.717) is 84.3 Å². The molecule has 3 heterocycles. The van der Waals surface area contributed by atoms with Crippen LogP contribution in [0.3, 0.4) is 0 Å². The number of anilines is 1. The molecule has 1 fully saturated rings. The van der Waals surface area contributed by atoms with Crippen molar-refractivity contribution in [3.8, 4) is 17.7 Å². The number of rotatable bonds is 17. The molecule has 0 radical (unpaired) electrons. The highest BCUT2D eigenvalue weighted by Gasteiger charge is 2.39. The Labute approximate surface area is 358 Å². The second-order valence-electron chi connectivity index (χ2n) is 14.7. The molecule has 15 heteroatoms. The summed E-state index contributed by atoms with van der Waals surface area (Å²) in [4.78, 5) is 70.6. The van der Waals surface area contributed by atoms with Crippen molar-refractivity contribution in [3.05, 3.63) is 124 Å². The summed E-state index contributed by atoms with van der Waals surface area (Å²) in [7, 11) is 0. The highest BCUT2D eigenvalue weighted by atomic mass is 16.5. The maximum absolute atomic E-state index is 12.9. The lowest BCUT2D eigenvalue weighted by molar-refractivity contribution is -0.137. The quantitative estimate of drug-likeness (QED) is 0.0339. The molecule has 0 saturated carbocycles. The summed E-state index contributed by atoms with van der Waals surface area (Å²) in [5.74, 6) is 3.77. The Balaban J connectivity index is 0.818. The number of carbonyl (C=O) groups is 5. The molecule has 318 valence electrons. The molecule has 6 N–H and O–H groups in total. The molecular weight excluding hydrogens is 791 g/mol. The SMILES string of the molecule is CCNC(=O)C#Cc1ccc2c(C(=Nc3ccc(CNCCOCCOCCC(=O)Nc4ccc5c(c4)CN(C4CCC(=O)NC4=O)C5=O)cc3)c3ccccc3)c(O)[nH]c2c1. The van der Waals surface area contributed by atoms with Crippen LogP contribution >= 0.6 is 0 Å². The van der Waals surface area contributed by atoms with Crippen molar-refractivity contribution >= 4 is 57.5 Å². The number of piperidine rings is 1. The van der Waals surface area contributed by atoms with Gasteiger partial charge in [0.15, 0.2) is 5.88 Å². The minimum Gasteiger partial charge on any atom is -0.494 e. The first-order chi connectivity index (χ1) is 30.2. The van der Waals surface area contributed by atoms with Crippen LogP contribution in [0.15, 0.2) is 96.0 Å². The molecule has 1 saturated heterocycles. The number of aromatic nitrogens is 1. The van der Waals surface area contributed by atoms with Crippen molar-refractivity contribution in [2.45, 2.75) is 45.3 Å². The van der Waals surface area contributed by atoms with E-state index >= 15 is 0 Å². The molecule has 0 spiro atoms. The van der Waals surface area contributed by atoms with Crippen molar-refractivity contribution in [1.29, 1.82) is 0 Å². The summed E-state index contributed by atoms with van der Waals surface area (Å²) >= 11 is 0. The van der Waals surface area contributed by atoms with Crippen LogP contribution in [-0.4, -0.2) is 95.8 Å². The molecular formula is C47H47N7O8.